The van der Waals surface area contributed by atoms with E-state index >= 15 is 0 Å². The first-order valence-electron chi connectivity index (χ1n) is 9.60. The molecule has 160 valence electrons. The van der Waals surface area contributed by atoms with Crippen molar-refractivity contribution < 1.29 is 17.9 Å². The first kappa shape index (κ1) is 20.2. The van der Waals surface area contributed by atoms with E-state index in [1.165, 1.54) is 0 Å². The summed E-state index contributed by atoms with van der Waals surface area (Å²) in [7, 11) is 0. The van der Waals surface area contributed by atoms with E-state index in [9.17, 15) is 13.2 Å². The largest absolute Gasteiger partial charge is 0.491 e. The zero-order valence-electron chi connectivity index (χ0n) is 16.2. The second kappa shape index (κ2) is 8.34. The minimum atomic E-state index is -4.44. The van der Waals surface area contributed by atoms with E-state index in [1.807, 2.05) is 22.8 Å². The SMILES string of the molecule is NC=NC(=NCC(F)(F)F)c1cn2c(n1)-c1ccc(N3CCNCC3)cc1OCC2. The van der Waals surface area contributed by atoms with Crippen molar-refractivity contribution >= 4 is 17.9 Å². The molecule has 0 saturated carbocycles. The monoisotopic (exact) mass is 421 g/mol. The van der Waals surface area contributed by atoms with Crippen LogP contribution in [0.5, 0.6) is 5.75 Å². The van der Waals surface area contributed by atoms with Gasteiger partial charge in [0.15, 0.2) is 5.84 Å². The molecule has 11 heteroatoms. The molecule has 2 aromatic rings. The number of halogens is 3. The standard InChI is InChI=1S/C19H22F3N7O/c20-19(21,22)11-25-17(26-12-23)15-10-29-7-8-30-16-9-13(28-5-3-24-4-6-28)1-2-14(16)18(29)27-15/h1-2,9-10,12,24H,3-8,11H2,(H2,23,25,26). The van der Waals surface area contributed by atoms with Gasteiger partial charge in [0.2, 0.25) is 0 Å². The van der Waals surface area contributed by atoms with Crippen LogP contribution < -0.4 is 20.7 Å². The summed E-state index contributed by atoms with van der Waals surface area (Å²) in [4.78, 5) is 14.1. The van der Waals surface area contributed by atoms with Crippen LogP contribution in [0.2, 0.25) is 0 Å². The Morgan fingerprint density at radius 2 is 2.07 bits per heavy atom. The van der Waals surface area contributed by atoms with Crippen LogP contribution in [0.1, 0.15) is 5.69 Å². The summed E-state index contributed by atoms with van der Waals surface area (Å²) in [5.74, 6) is 1.13. The van der Waals surface area contributed by atoms with Crippen LogP contribution in [0.15, 0.2) is 34.4 Å². The van der Waals surface area contributed by atoms with Crippen LogP contribution in [0, 0.1) is 0 Å². The lowest BCUT2D eigenvalue weighted by Gasteiger charge is -2.29. The number of hydrogen-bond donors (Lipinski definition) is 2. The Balaban J connectivity index is 1.68. The summed E-state index contributed by atoms with van der Waals surface area (Å²) in [5.41, 5.74) is 7.36. The van der Waals surface area contributed by atoms with Gasteiger partial charge >= 0.3 is 6.18 Å². The highest BCUT2D eigenvalue weighted by Gasteiger charge is 2.28. The maximum Gasteiger partial charge on any atom is 0.408 e. The summed E-state index contributed by atoms with van der Waals surface area (Å²) < 4.78 is 45.6. The highest BCUT2D eigenvalue weighted by molar-refractivity contribution is 6.01. The molecular weight excluding hydrogens is 399 g/mol. The maximum atomic E-state index is 12.6. The lowest BCUT2D eigenvalue weighted by Crippen LogP contribution is -2.43. The van der Waals surface area contributed by atoms with Crippen LogP contribution in [0.25, 0.3) is 11.4 Å². The molecule has 3 N–H and O–H groups in total. The molecule has 1 aromatic carbocycles. The number of benzene rings is 1. The molecule has 2 aliphatic rings. The van der Waals surface area contributed by atoms with Gasteiger partial charge in [0.1, 0.15) is 30.4 Å². The second-order valence-electron chi connectivity index (χ2n) is 6.94. The molecule has 0 unspecified atom stereocenters. The quantitative estimate of drug-likeness (QED) is 0.581. The number of piperazine rings is 1. The molecule has 0 aliphatic carbocycles. The summed E-state index contributed by atoms with van der Waals surface area (Å²) >= 11 is 0. The number of nitrogens with zero attached hydrogens (tertiary/aromatic N) is 5. The normalized spacial score (nSPS) is 17.4. The summed E-state index contributed by atoms with van der Waals surface area (Å²) in [6.45, 7) is 3.23. The molecule has 30 heavy (non-hydrogen) atoms. The highest BCUT2D eigenvalue weighted by Crippen LogP contribution is 2.35. The number of rotatable bonds is 3. The fraction of sp³-hybridized carbons (Fsp3) is 0.421. The van der Waals surface area contributed by atoms with Crippen LogP contribution in [0.4, 0.5) is 18.9 Å². The number of nitrogens with one attached hydrogen (secondary N) is 1. The van der Waals surface area contributed by atoms with Crippen molar-refractivity contribution in [2.45, 2.75) is 12.7 Å². The lowest BCUT2D eigenvalue weighted by molar-refractivity contribution is -0.118. The number of fused-ring (bicyclic) bond motifs is 3. The van der Waals surface area contributed by atoms with E-state index in [4.69, 9.17) is 10.5 Å². The summed E-state index contributed by atoms with van der Waals surface area (Å²) in [6.07, 6.45) is -1.90. The molecule has 1 fully saturated rings. The van der Waals surface area contributed by atoms with Gasteiger partial charge in [-0.3, -0.25) is 4.99 Å². The third-order valence-electron chi connectivity index (χ3n) is 4.89. The highest BCUT2D eigenvalue weighted by atomic mass is 19.4. The van der Waals surface area contributed by atoms with Gasteiger partial charge in [-0.2, -0.15) is 13.2 Å². The van der Waals surface area contributed by atoms with E-state index in [1.54, 1.807) is 6.20 Å². The molecule has 1 saturated heterocycles. The van der Waals surface area contributed by atoms with Gasteiger partial charge in [-0.05, 0) is 12.1 Å². The molecule has 0 bridgehead atoms. The molecule has 3 heterocycles. The average Bonchev–Trinajstić information content (AvgIpc) is 3.07. The number of nitrogens with two attached hydrogens (primary N) is 1. The zero-order chi connectivity index (χ0) is 21.1. The predicted octanol–water partition coefficient (Wildman–Crippen LogP) is 1.65. The smallest absolute Gasteiger partial charge is 0.408 e. The Bertz CT molecular complexity index is 962. The molecule has 1 aromatic heterocycles. The van der Waals surface area contributed by atoms with Gasteiger partial charge < -0.3 is 25.3 Å². The van der Waals surface area contributed by atoms with E-state index < -0.39 is 12.7 Å². The number of anilines is 1. The molecule has 8 nitrogen and oxygen atoms in total. The topological polar surface area (TPSA) is 93.1 Å². The molecular formula is C19H22F3N7O. The van der Waals surface area contributed by atoms with Crippen LogP contribution in [-0.2, 0) is 6.54 Å². The van der Waals surface area contributed by atoms with Crippen molar-refractivity contribution in [3.63, 3.8) is 0 Å². The van der Waals surface area contributed by atoms with Crippen LogP contribution in [-0.4, -0.2) is 67.2 Å². The van der Waals surface area contributed by atoms with Crippen molar-refractivity contribution in [2.75, 3.05) is 44.2 Å². The Morgan fingerprint density at radius 1 is 1.27 bits per heavy atom. The minimum absolute atomic E-state index is 0.157. The molecule has 4 rings (SSSR count). The Kier molecular flexibility index (Phi) is 5.62. The molecule has 2 aliphatic heterocycles. The number of aliphatic imine (C=N–C) groups is 2. The number of imidazole rings is 1. The van der Waals surface area contributed by atoms with Crippen molar-refractivity contribution in [3.8, 4) is 17.1 Å². The number of ether oxygens (including phenoxy) is 1. The van der Waals surface area contributed by atoms with E-state index in [0.29, 0.717) is 24.7 Å². The van der Waals surface area contributed by atoms with Crippen LogP contribution >= 0.6 is 0 Å². The first-order valence-corrected chi connectivity index (χ1v) is 9.60. The Labute approximate surface area is 171 Å². The molecule has 0 spiro atoms. The van der Waals surface area contributed by atoms with Gasteiger partial charge in [0, 0.05) is 44.1 Å². The summed E-state index contributed by atoms with van der Waals surface area (Å²) in [5, 5.41) is 3.32. The van der Waals surface area contributed by atoms with Crippen molar-refractivity contribution in [2.24, 2.45) is 15.7 Å². The van der Waals surface area contributed by atoms with E-state index in [2.05, 4.69) is 25.2 Å². The van der Waals surface area contributed by atoms with Gasteiger partial charge in [0.05, 0.1) is 18.4 Å². The fourth-order valence-corrected chi connectivity index (χ4v) is 3.52. The Morgan fingerprint density at radius 3 is 2.80 bits per heavy atom. The minimum Gasteiger partial charge on any atom is -0.491 e. The van der Waals surface area contributed by atoms with E-state index in [0.717, 1.165) is 43.8 Å². The van der Waals surface area contributed by atoms with Crippen molar-refractivity contribution in [1.82, 2.24) is 14.9 Å². The Hall–Kier alpha value is -3.08. The molecule has 0 radical (unpaired) electrons. The number of hydrogen-bond acceptors (Lipinski definition) is 5. The molecule has 0 atom stereocenters. The average molecular weight is 421 g/mol. The third kappa shape index (κ3) is 4.40. The van der Waals surface area contributed by atoms with Crippen molar-refractivity contribution in [3.05, 3.63) is 30.1 Å². The van der Waals surface area contributed by atoms with E-state index in [-0.39, 0.29) is 11.5 Å². The number of amidine groups is 1. The van der Waals surface area contributed by atoms with Gasteiger partial charge in [0.25, 0.3) is 0 Å². The number of alkyl halides is 3. The third-order valence-corrected chi connectivity index (χ3v) is 4.89. The zero-order valence-corrected chi connectivity index (χ0v) is 16.2. The van der Waals surface area contributed by atoms with Crippen molar-refractivity contribution in [1.29, 1.82) is 0 Å². The predicted molar refractivity (Wildman–Crippen MR) is 108 cm³/mol. The summed E-state index contributed by atoms with van der Waals surface area (Å²) in [6, 6.07) is 5.93. The van der Waals surface area contributed by atoms with Gasteiger partial charge in [-0.15, -0.1) is 0 Å². The lowest BCUT2D eigenvalue weighted by atomic mass is 10.1. The maximum absolute atomic E-state index is 12.6. The fourth-order valence-electron chi connectivity index (χ4n) is 3.52. The van der Waals surface area contributed by atoms with Gasteiger partial charge in [-0.25, -0.2) is 9.98 Å². The number of aromatic nitrogens is 2. The van der Waals surface area contributed by atoms with Gasteiger partial charge in [-0.1, -0.05) is 0 Å². The van der Waals surface area contributed by atoms with Crippen LogP contribution in [0.3, 0.4) is 0 Å². The second-order valence-corrected chi connectivity index (χ2v) is 6.94. The first-order chi connectivity index (χ1) is 14.4. The molecule has 0 amide bonds.